The van der Waals surface area contributed by atoms with E-state index in [1.165, 1.54) is 18.9 Å². The third kappa shape index (κ3) is 5.32. The molecular weight excluding hydrogens is 492 g/mol. The Hall–Kier alpha value is -3.83. The van der Waals surface area contributed by atoms with Gasteiger partial charge in [-0.25, -0.2) is 27.7 Å². The Balaban J connectivity index is 1.41. The molecule has 2 N–H and O–H groups in total. The number of aromatic nitrogens is 3. The Kier molecular flexibility index (Phi) is 6.90. The van der Waals surface area contributed by atoms with Gasteiger partial charge in [-0.05, 0) is 60.4 Å². The van der Waals surface area contributed by atoms with Crippen molar-refractivity contribution in [3.05, 3.63) is 65.6 Å². The fraction of sp³-hybridized carbons (Fsp3) is 0.308. The molecule has 0 aliphatic carbocycles. The van der Waals surface area contributed by atoms with Crippen LogP contribution in [0.2, 0.25) is 0 Å². The first kappa shape index (κ1) is 24.8. The van der Waals surface area contributed by atoms with Crippen LogP contribution >= 0.6 is 0 Å². The molecule has 2 aliphatic rings. The summed E-state index contributed by atoms with van der Waals surface area (Å²) in [4.78, 5) is 25.0. The molecule has 1 saturated heterocycles. The SMILES string of the molecule is COc1ncc(-c2cc3c(c(Nc4ccc(C5CCN(S(C)(=O)=O)CC5)cc4)n2)C(C=O)NC=C3)cn1. The Morgan fingerprint density at radius 3 is 2.46 bits per heavy atom. The minimum absolute atomic E-state index is 0.271. The van der Waals surface area contributed by atoms with Crippen molar-refractivity contribution in [2.45, 2.75) is 24.8 Å². The number of methoxy groups -OCH3 is 1. The minimum Gasteiger partial charge on any atom is -0.467 e. The molecule has 2 aliphatic heterocycles. The van der Waals surface area contributed by atoms with Gasteiger partial charge in [-0.1, -0.05) is 12.1 Å². The molecule has 0 bridgehead atoms. The molecule has 37 heavy (non-hydrogen) atoms. The lowest BCUT2D eigenvalue weighted by molar-refractivity contribution is -0.109. The number of hydrogen-bond donors (Lipinski definition) is 2. The van der Waals surface area contributed by atoms with Crippen molar-refractivity contribution in [2.24, 2.45) is 0 Å². The van der Waals surface area contributed by atoms with Crippen molar-refractivity contribution in [2.75, 3.05) is 31.8 Å². The quantitative estimate of drug-likeness (QED) is 0.452. The largest absolute Gasteiger partial charge is 0.467 e. The summed E-state index contributed by atoms with van der Waals surface area (Å²) in [6.07, 6.45) is 10.7. The molecule has 1 aromatic carbocycles. The monoisotopic (exact) mass is 520 g/mol. The van der Waals surface area contributed by atoms with E-state index in [4.69, 9.17) is 9.72 Å². The second-order valence-electron chi connectivity index (χ2n) is 9.11. The number of nitrogens with zero attached hydrogens (tertiary/aromatic N) is 4. The summed E-state index contributed by atoms with van der Waals surface area (Å²) >= 11 is 0. The molecule has 5 rings (SSSR count). The van der Waals surface area contributed by atoms with Gasteiger partial charge in [0.05, 0.1) is 19.1 Å². The summed E-state index contributed by atoms with van der Waals surface area (Å²) < 4.78 is 30.2. The van der Waals surface area contributed by atoms with Gasteiger partial charge in [-0.3, -0.25) is 0 Å². The van der Waals surface area contributed by atoms with E-state index in [1.807, 2.05) is 24.3 Å². The Bertz CT molecular complexity index is 1420. The molecule has 2 aromatic heterocycles. The first-order valence-electron chi connectivity index (χ1n) is 12.0. The molecule has 0 saturated carbocycles. The lowest BCUT2D eigenvalue weighted by atomic mass is 9.90. The average molecular weight is 521 g/mol. The number of carbonyl (C=O) groups is 1. The highest BCUT2D eigenvalue weighted by Gasteiger charge is 2.26. The summed E-state index contributed by atoms with van der Waals surface area (Å²) in [5.41, 5.74) is 5.01. The normalized spacial score (nSPS) is 18.1. The van der Waals surface area contributed by atoms with Crippen molar-refractivity contribution in [1.29, 1.82) is 0 Å². The molecule has 1 fully saturated rings. The highest BCUT2D eigenvalue weighted by atomic mass is 32.2. The van der Waals surface area contributed by atoms with Crippen molar-refractivity contribution < 1.29 is 17.9 Å². The molecule has 1 atom stereocenters. The van der Waals surface area contributed by atoms with E-state index in [2.05, 4.69) is 32.7 Å². The molecule has 3 aromatic rings. The lowest BCUT2D eigenvalue weighted by Gasteiger charge is -2.30. The number of anilines is 2. The summed E-state index contributed by atoms with van der Waals surface area (Å²) in [6, 6.07) is 9.74. The van der Waals surface area contributed by atoms with Crippen LogP contribution in [0, 0.1) is 0 Å². The van der Waals surface area contributed by atoms with Gasteiger partial charge in [0, 0.05) is 42.3 Å². The van der Waals surface area contributed by atoms with Crippen LogP contribution < -0.4 is 15.4 Å². The standard InChI is InChI=1S/C26H28N6O4S/c1-36-26-28-14-20(15-29-26)22-13-19-7-10-27-23(16-33)24(19)25(31-22)30-21-5-3-17(4-6-21)18-8-11-32(12-9-18)37(2,34)35/h3-7,10,13-16,18,23,27H,8-9,11-12H2,1-2H3,(H,30,31). The van der Waals surface area contributed by atoms with Crippen LogP contribution in [0.25, 0.3) is 17.3 Å². The number of nitrogens with one attached hydrogen (secondary N) is 2. The molecule has 1 unspecified atom stereocenters. The highest BCUT2D eigenvalue weighted by molar-refractivity contribution is 7.88. The number of sulfonamides is 1. The molecule has 0 amide bonds. The molecule has 192 valence electrons. The molecule has 11 heteroatoms. The Morgan fingerprint density at radius 2 is 1.84 bits per heavy atom. The fourth-order valence-corrected chi connectivity index (χ4v) is 5.64. The van der Waals surface area contributed by atoms with Crippen LogP contribution in [0.3, 0.4) is 0 Å². The summed E-state index contributed by atoms with van der Waals surface area (Å²) in [5, 5.41) is 6.46. The van der Waals surface area contributed by atoms with Gasteiger partial charge < -0.3 is 20.2 Å². The zero-order valence-corrected chi connectivity index (χ0v) is 21.4. The van der Waals surface area contributed by atoms with Crippen LogP contribution in [0.5, 0.6) is 6.01 Å². The Morgan fingerprint density at radius 1 is 1.14 bits per heavy atom. The molecule has 0 radical (unpaired) electrons. The van der Waals surface area contributed by atoms with Crippen LogP contribution in [-0.4, -0.2) is 60.4 Å². The highest BCUT2D eigenvalue weighted by Crippen LogP contribution is 2.35. The van der Waals surface area contributed by atoms with E-state index in [-0.39, 0.29) is 6.01 Å². The summed E-state index contributed by atoms with van der Waals surface area (Å²) in [6.45, 7) is 1.07. The maximum atomic E-state index is 11.8. The van der Waals surface area contributed by atoms with Crippen molar-refractivity contribution in [3.63, 3.8) is 0 Å². The zero-order chi connectivity index (χ0) is 26.0. The number of pyridine rings is 1. The minimum atomic E-state index is -3.15. The maximum absolute atomic E-state index is 11.8. The first-order chi connectivity index (χ1) is 17.9. The van der Waals surface area contributed by atoms with Gasteiger partial charge in [-0.2, -0.15) is 0 Å². The first-order valence-corrected chi connectivity index (χ1v) is 13.8. The predicted octanol–water partition coefficient (Wildman–Crippen LogP) is 3.24. The van der Waals surface area contributed by atoms with Gasteiger partial charge in [0.2, 0.25) is 10.0 Å². The van der Waals surface area contributed by atoms with Gasteiger partial charge >= 0.3 is 6.01 Å². The van der Waals surface area contributed by atoms with Gasteiger partial charge in [-0.15, -0.1) is 0 Å². The number of aldehydes is 1. The predicted molar refractivity (Wildman–Crippen MR) is 141 cm³/mol. The zero-order valence-electron chi connectivity index (χ0n) is 20.6. The van der Waals surface area contributed by atoms with Crippen LogP contribution in [-0.2, 0) is 14.8 Å². The number of fused-ring (bicyclic) bond motifs is 1. The number of ether oxygens (including phenoxy) is 1. The van der Waals surface area contributed by atoms with Crippen LogP contribution in [0.4, 0.5) is 11.5 Å². The third-order valence-electron chi connectivity index (χ3n) is 6.75. The summed E-state index contributed by atoms with van der Waals surface area (Å²) in [7, 11) is -1.64. The van der Waals surface area contributed by atoms with E-state index >= 15 is 0 Å². The van der Waals surface area contributed by atoms with E-state index in [0.29, 0.717) is 30.5 Å². The average Bonchev–Trinajstić information content (AvgIpc) is 2.92. The second-order valence-corrected chi connectivity index (χ2v) is 11.1. The Labute approximate surface area is 215 Å². The summed E-state index contributed by atoms with van der Waals surface area (Å²) in [5.74, 6) is 0.872. The number of benzene rings is 1. The van der Waals surface area contributed by atoms with Crippen LogP contribution in [0.1, 0.15) is 41.5 Å². The van der Waals surface area contributed by atoms with Crippen molar-refractivity contribution in [1.82, 2.24) is 24.6 Å². The number of rotatable bonds is 7. The number of piperidine rings is 1. The van der Waals surface area contributed by atoms with Crippen LogP contribution in [0.15, 0.2) is 48.9 Å². The second kappa shape index (κ2) is 10.3. The van der Waals surface area contributed by atoms with E-state index in [1.54, 1.807) is 22.9 Å². The third-order valence-corrected chi connectivity index (χ3v) is 8.05. The molecule has 4 heterocycles. The molecule has 0 spiro atoms. The van der Waals surface area contributed by atoms with Gasteiger partial charge in [0.15, 0.2) is 0 Å². The van der Waals surface area contributed by atoms with Gasteiger partial charge in [0.1, 0.15) is 18.1 Å². The van der Waals surface area contributed by atoms with Gasteiger partial charge in [0.25, 0.3) is 0 Å². The lowest BCUT2D eigenvalue weighted by Crippen LogP contribution is -2.37. The van der Waals surface area contributed by atoms with E-state index in [9.17, 15) is 13.2 Å². The molecule has 10 nitrogen and oxygen atoms in total. The topological polar surface area (TPSA) is 126 Å². The van der Waals surface area contributed by atoms with Crippen molar-refractivity contribution in [3.8, 4) is 17.3 Å². The maximum Gasteiger partial charge on any atom is 0.316 e. The van der Waals surface area contributed by atoms with E-state index < -0.39 is 16.1 Å². The van der Waals surface area contributed by atoms with Crippen molar-refractivity contribution >= 4 is 33.9 Å². The number of carbonyl (C=O) groups excluding carboxylic acids is 1. The number of hydrogen-bond acceptors (Lipinski definition) is 9. The van der Waals surface area contributed by atoms with E-state index in [0.717, 1.165) is 41.5 Å². The molecular formula is C26H28N6O4S. The smallest absolute Gasteiger partial charge is 0.316 e. The fourth-order valence-electron chi connectivity index (χ4n) is 4.76.